The number of anilines is 1. The van der Waals surface area contributed by atoms with Gasteiger partial charge in [-0.2, -0.15) is 5.10 Å². The molecule has 6 nitrogen and oxygen atoms in total. The van der Waals surface area contributed by atoms with Crippen LogP contribution in [0, 0.1) is 0 Å². The molecule has 1 N–H and O–H groups in total. The standard InChI is InChI=1S/C26H19ClN4O2/c1-33-24-14-19(27)12-13-20(24)29-26(32)22-16-25-28-21(17-8-4-2-5-9-17)15-23(31(25)30-22)18-10-6-3-7-11-18/h2-16H,1H3,(H,29,32). The van der Waals surface area contributed by atoms with E-state index in [1.165, 1.54) is 7.11 Å². The molecule has 33 heavy (non-hydrogen) atoms. The van der Waals surface area contributed by atoms with Gasteiger partial charge in [0, 0.05) is 28.3 Å². The van der Waals surface area contributed by atoms with Crippen molar-refractivity contribution in [3.05, 3.63) is 102 Å². The van der Waals surface area contributed by atoms with Crippen LogP contribution in [0.1, 0.15) is 10.5 Å². The van der Waals surface area contributed by atoms with Gasteiger partial charge in [-0.1, -0.05) is 72.3 Å². The van der Waals surface area contributed by atoms with Gasteiger partial charge in [0.25, 0.3) is 5.91 Å². The Morgan fingerprint density at radius 3 is 2.30 bits per heavy atom. The molecule has 2 aromatic heterocycles. The number of ether oxygens (including phenoxy) is 1. The molecule has 1 amide bonds. The molecule has 0 aliphatic rings. The fraction of sp³-hybridized carbons (Fsp3) is 0.0385. The third-order valence-corrected chi connectivity index (χ3v) is 5.45. The number of hydrogen-bond donors (Lipinski definition) is 1. The molecule has 5 aromatic rings. The summed E-state index contributed by atoms with van der Waals surface area (Å²) in [4.78, 5) is 17.8. The Kier molecular flexibility index (Phi) is 5.50. The molecule has 7 heteroatoms. The number of rotatable bonds is 5. The second kappa shape index (κ2) is 8.76. The Morgan fingerprint density at radius 1 is 0.909 bits per heavy atom. The molecule has 0 aliphatic heterocycles. The highest BCUT2D eigenvalue weighted by molar-refractivity contribution is 6.30. The first-order valence-corrected chi connectivity index (χ1v) is 10.7. The second-order valence-electron chi connectivity index (χ2n) is 7.36. The Hall–Kier alpha value is -4.16. The van der Waals surface area contributed by atoms with Gasteiger partial charge in [-0.05, 0) is 18.2 Å². The van der Waals surface area contributed by atoms with Crippen molar-refractivity contribution < 1.29 is 9.53 Å². The number of halogens is 1. The fourth-order valence-electron chi connectivity index (χ4n) is 3.61. The van der Waals surface area contributed by atoms with Crippen LogP contribution in [-0.2, 0) is 0 Å². The monoisotopic (exact) mass is 454 g/mol. The zero-order valence-electron chi connectivity index (χ0n) is 17.7. The van der Waals surface area contributed by atoms with E-state index >= 15 is 0 Å². The number of carbonyl (C=O) groups is 1. The topological polar surface area (TPSA) is 68.5 Å². The highest BCUT2D eigenvalue weighted by Gasteiger charge is 2.18. The number of nitrogens with one attached hydrogen (secondary N) is 1. The lowest BCUT2D eigenvalue weighted by molar-refractivity contribution is 0.102. The van der Waals surface area contributed by atoms with E-state index < -0.39 is 0 Å². The molecule has 0 fully saturated rings. The number of methoxy groups -OCH3 is 1. The predicted molar refractivity (Wildman–Crippen MR) is 130 cm³/mol. The van der Waals surface area contributed by atoms with Crippen LogP contribution in [0.2, 0.25) is 5.02 Å². The van der Waals surface area contributed by atoms with Crippen LogP contribution in [0.15, 0.2) is 91.0 Å². The average Bonchev–Trinajstić information content (AvgIpc) is 3.30. The molecule has 2 heterocycles. The molecule has 0 radical (unpaired) electrons. The van der Waals surface area contributed by atoms with Gasteiger partial charge in [-0.15, -0.1) is 0 Å². The van der Waals surface area contributed by atoms with Crippen molar-refractivity contribution in [2.45, 2.75) is 0 Å². The third kappa shape index (κ3) is 4.16. The SMILES string of the molecule is COc1cc(Cl)ccc1NC(=O)c1cc2nc(-c3ccccc3)cc(-c3ccccc3)n2n1. The van der Waals surface area contributed by atoms with E-state index in [4.69, 9.17) is 21.3 Å². The lowest BCUT2D eigenvalue weighted by Crippen LogP contribution is -2.13. The average molecular weight is 455 g/mol. The number of nitrogens with zero attached hydrogens (tertiary/aromatic N) is 3. The van der Waals surface area contributed by atoms with Gasteiger partial charge < -0.3 is 10.1 Å². The molecule has 0 saturated carbocycles. The van der Waals surface area contributed by atoms with Gasteiger partial charge >= 0.3 is 0 Å². The number of fused-ring (bicyclic) bond motifs is 1. The summed E-state index contributed by atoms with van der Waals surface area (Å²) < 4.78 is 7.02. The van der Waals surface area contributed by atoms with E-state index in [0.717, 1.165) is 22.5 Å². The molecule has 0 saturated heterocycles. The van der Waals surface area contributed by atoms with Gasteiger partial charge in [0.15, 0.2) is 11.3 Å². The zero-order valence-corrected chi connectivity index (χ0v) is 18.5. The van der Waals surface area contributed by atoms with Gasteiger partial charge in [0.05, 0.1) is 24.2 Å². The summed E-state index contributed by atoms with van der Waals surface area (Å²) in [5.74, 6) is 0.0930. The molecule has 0 spiro atoms. The largest absolute Gasteiger partial charge is 0.495 e. The van der Waals surface area contributed by atoms with E-state index in [0.29, 0.717) is 22.1 Å². The minimum absolute atomic E-state index is 0.238. The number of amides is 1. The fourth-order valence-corrected chi connectivity index (χ4v) is 3.77. The minimum Gasteiger partial charge on any atom is -0.495 e. The summed E-state index contributed by atoms with van der Waals surface area (Å²) in [6.07, 6.45) is 0. The maximum atomic E-state index is 13.0. The molecule has 5 rings (SSSR count). The Balaban J connectivity index is 1.60. The van der Waals surface area contributed by atoms with Crippen molar-refractivity contribution >= 4 is 28.8 Å². The van der Waals surface area contributed by atoms with Crippen LogP contribution in [0.25, 0.3) is 28.2 Å². The Morgan fingerprint density at radius 2 is 1.61 bits per heavy atom. The third-order valence-electron chi connectivity index (χ3n) is 5.21. The molecule has 0 bridgehead atoms. The Labute approximate surface area is 195 Å². The lowest BCUT2D eigenvalue weighted by atomic mass is 10.1. The van der Waals surface area contributed by atoms with Crippen molar-refractivity contribution in [2.24, 2.45) is 0 Å². The number of aromatic nitrogens is 3. The summed E-state index contributed by atoms with van der Waals surface area (Å²) in [6, 6.07) is 28.5. The first-order chi connectivity index (χ1) is 16.1. The zero-order chi connectivity index (χ0) is 22.8. The molecule has 0 aliphatic carbocycles. The van der Waals surface area contributed by atoms with Gasteiger partial charge in [-0.25, -0.2) is 9.50 Å². The first kappa shape index (κ1) is 20.7. The van der Waals surface area contributed by atoms with Crippen molar-refractivity contribution in [1.82, 2.24) is 14.6 Å². The van der Waals surface area contributed by atoms with Crippen molar-refractivity contribution in [3.8, 4) is 28.3 Å². The number of carbonyl (C=O) groups excluding carboxylic acids is 1. The van der Waals surface area contributed by atoms with Gasteiger partial charge in [-0.3, -0.25) is 4.79 Å². The molecule has 3 aromatic carbocycles. The van der Waals surface area contributed by atoms with Crippen LogP contribution in [0.3, 0.4) is 0 Å². The van der Waals surface area contributed by atoms with Gasteiger partial charge in [0.1, 0.15) is 5.75 Å². The van der Waals surface area contributed by atoms with Crippen LogP contribution >= 0.6 is 11.6 Å². The summed E-state index contributed by atoms with van der Waals surface area (Å²) in [7, 11) is 1.52. The minimum atomic E-state index is -0.374. The van der Waals surface area contributed by atoms with Gasteiger partial charge in [0.2, 0.25) is 0 Å². The van der Waals surface area contributed by atoms with Crippen LogP contribution < -0.4 is 10.1 Å². The van der Waals surface area contributed by atoms with Crippen molar-refractivity contribution in [3.63, 3.8) is 0 Å². The van der Waals surface area contributed by atoms with Crippen LogP contribution in [-0.4, -0.2) is 27.6 Å². The molecule has 0 unspecified atom stereocenters. The molecular weight excluding hydrogens is 436 g/mol. The van der Waals surface area contributed by atoms with E-state index in [1.807, 2.05) is 66.7 Å². The smallest absolute Gasteiger partial charge is 0.276 e. The Bertz CT molecular complexity index is 1450. The lowest BCUT2D eigenvalue weighted by Gasteiger charge is -2.09. The number of benzene rings is 3. The van der Waals surface area contributed by atoms with E-state index in [9.17, 15) is 4.79 Å². The number of hydrogen-bond acceptors (Lipinski definition) is 4. The summed E-state index contributed by atoms with van der Waals surface area (Å²) in [6.45, 7) is 0. The quantitative estimate of drug-likeness (QED) is 0.355. The van der Waals surface area contributed by atoms with Crippen molar-refractivity contribution in [1.29, 1.82) is 0 Å². The van der Waals surface area contributed by atoms with E-state index in [1.54, 1.807) is 28.8 Å². The highest BCUT2D eigenvalue weighted by Crippen LogP contribution is 2.29. The van der Waals surface area contributed by atoms with Crippen LogP contribution in [0.5, 0.6) is 5.75 Å². The molecule has 0 atom stereocenters. The first-order valence-electron chi connectivity index (χ1n) is 10.3. The normalized spacial score (nSPS) is 10.8. The van der Waals surface area contributed by atoms with E-state index in [-0.39, 0.29) is 11.6 Å². The molecule has 162 valence electrons. The maximum Gasteiger partial charge on any atom is 0.276 e. The highest BCUT2D eigenvalue weighted by atomic mass is 35.5. The predicted octanol–water partition coefficient (Wildman–Crippen LogP) is 5.98. The van der Waals surface area contributed by atoms with Crippen molar-refractivity contribution in [2.75, 3.05) is 12.4 Å². The van der Waals surface area contributed by atoms with Crippen LogP contribution in [0.4, 0.5) is 5.69 Å². The summed E-state index contributed by atoms with van der Waals surface area (Å²) >= 11 is 6.03. The maximum absolute atomic E-state index is 13.0. The molecular formula is C26H19ClN4O2. The summed E-state index contributed by atoms with van der Waals surface area (Å²) in [5.41, 5.74) is 4.90. The van der Waals surface area contributed by atoms with E-state index in [2.05, 4.69) is 10.4 Å². The summed E-state index contributed by atoms with van der Waals surface area (Å²) in [5, 5.41) is 7.93. The second-order valence-corrected chi connectivity index (χ2v) is 7.79.